The van der Waals surface area contributed by atoms with Crippen LogP contribution in [0.2, 0.25) is 0 Å². The second-order valence-corrected chi connectivity index (χ2v) is 8.13. The van der Waals surface area contributed by atoms with Crippen LogP contribution in [0.1, 0.15) is 23.2 Å². The maximum absolute atomic E-state index is 11.6. The zero-order valence-corrected chi connectivity index (χ0v) is 13.8. The molecule has 0 aromatic heterocycles. The first kappa shape index (κ1) is 17.2. The monoisotopic (exact) mass is 341 g/mol. The fraction of sp³-hybridized carbons (Fsp3) is 0.500. The van der Waals surface area contributed by atoms with E-state index in [-0.39, 0.29) is 28.1 Å². The Morgan fingerprint density at radius 2 is 2.04 bits per heavy atom. The Morgan fingerprint density at radius 3 is 2.52 bits per heavy atom. The van der Waals surface area contributed by atoms with Crippen LogP contribution >= 0.6 is 0 Å². The average molecular weight is 341 g/mol. The van der Waals surface area contributed by atoms with Crippen LogP contribution in [0.4, 0.5) is 11.4 Å². The smallest absolute Gasteiger partial charge is 0.293 e. The van der Waals surface area contributed by atoms with Crippen molar-refractivity contribution in [3.05, 3.63) is 33.9 Å². The lowest BCUT2D eigenvalue weighted by atomic mass is 10.1. The molecular formula is C14H19N3O5S. The van der Waals surface area contributed by atoms with Gasteiger partial charge in [0.2, 0.25) is 0 Å². The minimum absolute atomic E-state index is 0.0666. The lowest BCUT2D eigenvalue weighted by Crippen LogP contribution is -2.24. The first-order valence-electron chi connectivity index (χ1n) is 7.08. The van der Waals surface area contributed by atoms with Gasteiger partial charge in [-0.3, -0.25) is 14.9 Å². The molecule has 0 unspecified atom stereocenters. The van der Waals surface area contributed by atoms with E-state index in [9.17, 15) is 23.3 Å². The molecule has 0 atom stereocenters. The highest BCUT2D eigenvalue weighted by Crippen LogP contribution is 2.47. The van der Waals surface area contributed by atoms with E-state index in [1.165, 1.54) is 31.5 Å². The van der Waals surface area contributed by atoms with Gasteiger partial charge < -0.3 is 10.6 Å². The molecule has 126 valence electrons. The normalized spacial score (nSPS) is 15.7. The average Bonchev–Trinajstić information content (AvgIpc) is 3.21. The Kier molecular flexibility index (Phi) is 4.60. The van der Waals surface area contributed by atoms with Gasteiger partial charge >= 0.3 is 0 Å². The van der Waals surface area contributed by atoms with Gasteiger partial charge in [-0.15, -0.1) is 0 Å². The molecule has 2 rings (SSSR count). The van der Waals surface area contributed by atoms with E-state index in [1.54, 1.807) is 0 Å². The SMILES string of the molecule is CNC(=O)c1ccc(NCC2(CS(C)(=O)=O)CC2)c([N+](=O)[O-])c1. The molecule has 1 aromatic rings. The summed E-state index contributed by atoms with van der Waals surface area (Å²) < 4.78 is 22.9. The number of nitrogens with one attached hydrogen (secondary N) is 2. The minimum atomic E-state index is -3.10. The molecule has 8 nitrogen and oxygen atoms in total. The Labute approximate surface area is 134 Å². The molecule has 1 aromatic carbocycles. The number of hydrogen-bond acceptors (Lipinski definition) is 6. The van der Waals surface area contributed by atoms with E-state index in [4.69, 9.17) is 0 Å². The Balaban J connectivity index is 2.17. The topological polar surface area (TPSA) is 118 Å². The van der Waals surface area contributed by atoms with Crippen molar-refractivity contribution in [2.24, 2.45) is 5.41 Å². The number of nitro groups is 1. The highest BCUT2D eigenvalue weighted by molar-refractivity contribution is 7.90. The van der Waals surface area contributed by atoms with Crippen LogP contribution in [0, 0.1) is 15.5 Å². The standard InChI is InChI=1S/C14H19N3O5S/c1-15-13(18)10-3-4-11(12(7-10)17(19)20)16-8-14(5-6-14)9-23(2,21)22/h3-4,7,16H,5-6,8-9H2,1-2H3,(H,15,18). The number of benzene rings is 1. The van der Waals surface area contributed by atoms with Gasteiger partial charge in [0.15, 0.2) is 0 Å². The summed E-state index contributed by atoms with van der Waals surface area (Å²) in [5.74, 6) is -0.340. The number of nitrogens with zero attached hydrogens (tertiary/aromatic N) is 1. The van der Waals surface area contributed by atoms with E-state index in [0.29, 0.717) is 6.54 Å². The third-order valence-electron chi connectivity index (χ3n) is 3.86. The van der Waals surface area contributed by atoms with Crippen LogP contribution in [0.5, 0.6) is 0 Å². The van der Waals surface area contributed by atoms with Crippen LogP contribution in [-0.4, -0.2) is 44.8 Å². The Morgan fingerprint density at radius 1 is 1.39 bits per heavy atom. The molecule has 1 aliphatic rings. The largest absolute Gasteiger partial charge is 0.379 e. The summed E-state index contributed by atoms with van der Waals surface area (Å²) in [7, 11) is -1.65. The fourth-order valence-corrected chi connectivity index (χ4v) is 4.01. The number of rotatable bonds is 7. The first-order valence-corrected chi connectivity index (χ1v) is 9.14. The van der Waals surface area contributed by atoms with Gasteiger partial charge in [-0.25, -0.2) is 8.42 Å². The number of sulfone groups is 1. The van der Waals surface area contributed by atoms with Crippen molar-refractivity contribution < 1.29 is 18.1 Å². The lowest BCUT2D eigenvalue weighted by Gasteiger charge is -2.16. The van der Waals surface area contributed by atoms with Crippen molar-refractivity contribution in [1.82, 2.24) is 5.32 Å². The van der Waals surface area contributed by atoms with E-state index < -0.39 is 20.7 Å². The molecule has 0 heterocycles. The molecule has 1 aliphatic carbocycles. The molecule has 0 spiro atoms. The Hall–Kier alpha value is -2.16. The van der Waals surface area contributed by atoms with Crippen LogP contribution < -0.4 is 10.6 Å². The quantitative estimate of drug-likeness (QED) is 0.568. The molecule has 0 saturated heterocycles. The predicted molar refractivity (Wildman–Crippen MR) is 86.4 cm³/mol. The summed E-state index contributed by atoms with van der Waals surface area (Å²) in [4.78, 5) is 22.2. The van der Waals surface area contributed by atoms with Crippen LogP contribution in [0.25, 0.3) is 0 Å². The number of nitro benzene ring substituents is 1. The summed E-state index contributed by atoms with van der Waals surface area (Å²) in [5, 5.41) is 16.6. The number of anilines is 1. The summed E-state index contributed by atoms with van der Waals surface area (Å²) in [6.45, 7) is 0.347. The first-order chi connectivity index (χ1) is 10.7. The molecule has 0 bridgehead atoms. The fourth-order valence-electron chi connectivity index (χ4n) is 2.51. The molecule has 23 heavy (non-hydrogen) atoms. The van der Waals surface area contributed by atoms with Crippen molar-refractivity contribution in [2.75, 3.05) is 30.9 Å². The molecule has 0 radical (unpaired) electrons. The maximum atomic E-state index is 11.6. The lowest BCUT2D eigenvalue weighted by molar-refractivity contribution is -0.384. The van der Waals surface area contributed by atoms with Crippen molar-refractivity contribution in [3.8, 4) is 0 Å². The van der Waals surface area contributed by atoms with Crippen molar-refractivity contribution >= 4 is 27.1 Å². The maximum Gasteiger partial charge on any atom is 0.293 e. The number of carbonyl (C=O) groups excluding carboxylic acids is 1. The minimum Gasteiger partial charge on any atom is -0.379 e. The summed E-state index contributed by atoms with van der Waals surface area (Å²) in [6.07, 6.45) is 2.74. The zero-order chi connectivity index (χ0) is 17.3. The van der Waals surface area contributed by atoms with Crippen molar-refractivity contribution in [2.45, 2.75) is 12.8 Å². The molecular weight excluding hydrogens is 322 g/mol. The van der Waals surface area contributed by atoms with Crippen molar-refractivity contribution in [3.63, 3.8) is 0 Å². The number of amides is 1. The second kappa shape index (κ2) is 6.15. The molecule has 9 heteroatoms. The van der Waals surface area contributed by atoms with Crippen molar-refractivity contribution in [1.29, 1.82) is 0 Å². The molecule has 1 saturated carbocycles. The molecule has 1 fully saturated rings. The summed E-state index contributed by atoms with van der Waals surface area (Å²) >= 11 is 0. The zero-order valence-electron chi connectivity index (χ0n) is 13.0. The van der Waals surface area contributed by atoms with Crippen LogP contribution in [0.15, 0.2) is 18.2 Å². The second-order valence-electron chi connectivity index (χ2n) is 5.99. The number of hydrogen-bond donors (Lipinski definition) is 2. The van der Waals surface area contributed by atoms with Gasteiger partial charge in [-0.2, -0.15) is 0 Å². The molecule has 1 amide bonds. The third kappa shape index (κ3) is 4.41. The van der Waals surface area contributed by atoms with E-state index in [0.717, 1.165) is 12.8 Å². The van der Waals surface area contributed by atoms with E-state index in [2.05, 4.69) is 10.6 Å². The van der Waals surface area contributed by atoms with Gasteiger partial charge in [0.05, 0.1) is 10.7 Å². The Bertz CT molecular complexity index is 741. The van der Waals surface area contributed by atoms with Gasteiger partial charge in [-0.1, -0.05) is 0 Å². The van der Waals surface area contributed by atoms with Gasteiger partial charge in [-0.05, 0) is 25.0 Å². The summed E-state index contributed by atoms with van der Waals surface area (Å²) in [6, 6.07) is 4.17. The highest BCUT2D eigenvalue weighted by atomic mass is 32.2. The van der Waals surface area contributed by atoms with Gasteiger partial charge in [0, 0.05) is 36.9 Å². The van der Waals surface area contributed by atoms with Gasteiger partial charge in [0.25, 0.3) is 11.6 Å². The van der Waals surface area contributed by atoms with Gasteiger partial charge in [0.1, 0.15) is 15.5 Å². The van der Waals surface area contributed by atoms with E-state index in [1.807, 2.05) is 0 Å². The summed E-state index contributed by atoms with van der Waals surface area (Å²) in [5.41, 5.74) is -0.0771. The third-order valence-corrected chi connectivity index (χ3v) is 5.00. The van der Waals surface area contributed by atoms with Crippen LogP contribution in [0.3, 0.4) is 0 Å². The molecule has 0 aliphatic heterocycles. The number of carbonyl (C=O) groups is 1. The predicted octanol–water partition coefficient (Wildman–Crippen LogP) is 1.19. The van der Waals surface area contributed by atoms with E-state index >= 15 is 0 Å². The van der Waals surface area contributed by atoms with Crippen LogP contribution in [-0.2, 0) is 9.84 Å². The highest BCUT2D eigenvalue weighted by Gasteiger charge is 2.45. The molecule has 2 N–H and O–H groups in total.